The van der Waals surface area contributed by atoms with Crippen LogP contribution in [0.25, 0.3) is 22.8 Å². The highest BCUT2D eigenvalue weighted by Gasteiger charge is 2.23. The van der Waals surface area contributed by atoms with Gasteiger partial charge in [0.15, 0.2) is 0 Å². The molecule has 4 rings (SSSR count). The van der Waals surface area contributed by atoms with Crippen molar-refractivity contribution in [2.75, 3.05) is 23.6 Å². The Morgan fingerprint density at radius 2 is 1.97 bits per heavy atom. The van der Waals surface area contributed by atoms with Gasteiger partial charge in [0.25, 0.3) is 5.89 Å². The molecule has 0 saturated heterocycles. The number of nitrogens with one attached hydrogen (secondary N) is 1. The van der Waals surface area contributed by atoms with Crippen LogP contribution in [0.4, 0.5) is 11.5 Å². The largest absolute Gasteiger partial charge is 0.383 e. The van der Waals surface area contributed by atoms with Crippen molar-refractivity contribution in [1.29, 1.82) is 0 Å². The second-order valence-corrected chi connectivity index (χ2v) is 8.75. The van der Waals surface area contributed by atoms with E-state index >= 15 is 0 Å². The summed E-state index contributed by atoms with van der Waals surface area (Å²) in [5.74, 6) is 0.663. The zero-order valence-corrected chi connectivity index (χ0v) is 19.6. The van der Waals surface area contributed by atoms with Crippen molar-refractivity contribution in [2.45, 2.75) is 16.5 Å². The zero-order chi connectivity index (χ0) is 22.7. The number of hydrogen-bond acceptors (Lipinski definition) is 8. The Bertz CT molecular complexity index is 1260. The molecule has 0 atom stereocenters. The lowest BCUT2D eigenvalue weighted by atomic mass is 10.2. The quantitative estimate of drug-likeness (QED) is 0.354. The van der Waals surface area contributed by atoms with Crippen molar-refractivity contribution in [3.05, 3.63) is 53.6 Å². The van der Waals surface area contributed by atoms with Gasteiger partial charge in [0, 0.05) is 21.2 Å². The molecule has 0 aliphatic rings. The number of carbonyl (C=O) groups excluding carboxylic acids is 1. The van der Waals surface area contributed by atoms with Crippen LogP contribution in [0, 0.1) is 0 Å². The first-order chi connectivity index (χ1) is 15.5. The van der Waals surface area contributed by atoms with Crippen molar-refractivity contribution in [2.24, 2.45) is 0 Å². The molecule has 4 aromatic rings. The van der Waals surface area contributed by atoms with Gasteiger partial charge in [0.1, 0.15) is 23.0 Å². The summed E-state index contributed by atoms with van der Waals surface area (Å²) in [6, 6.07) is 14.7. The first-order valence-corrected chi connectivity index (χ1v) is 12.3. The predicted octanol–water partition coefficient (Wildman–Crippen LogP) is 4.92. The summed E-state index contributed by atoms with van der Waals surface area (Å²) in [5, 5.41) is 12.6. The van der Waals surface area contributed by atoms with E-state index in [0.717, 1.165) is 10.5 Å². The standard InChI is InChI=1S/C21H19ClN6O2S2/c1-31-15-5-3-4-14(10-15)24-16(29)11-28-18(23)17(21(26-28)32-2)20-25-19(27-30-20)12-6-8-13(22)9-7-12/h3-10H,11,23H2,1-2H3,(H,24,29). The number of thioether (sulfide) groups is 2. The maximum Gasteiger partial charge on any atom is 0.264 e. The van der Waals surface area contributed by atoms with Crippen LogP contribution in [-0.2, 0) is 11.3 Å². The van der Waals surface area contributed by atoms with E-state index in [2.05, 4.69) is 20.6 Å². The summed E-state index contributed by atoms with van der Waals surface area (Å²) in [7, 11) is 0. The predicted molar refractivity (Wildman–Crippen MR) is 129 cm³/mol. The minimum absolute atomic E-state index is 0.0545. The van der Waals surface area contributed by atoms with E-state index in [1.54, 1.807) is 36.0 Å². The fourth-order valence-corrected chi connectivity index (χ4v) is 4.16. The Balaban J connectivity index is 1.57. The number of amides is 1. The van der Waals surface area contributed by atoms with Gasteiger partial charge in [-0.25, -0.2) is 4.68 Å². The van der Waals surface area contributed by atoms with Gasteiger partial charge in [-0.3, -0.25) is 4.79 Å². The van der Waals surface area contributed by atoms with Gasteiger partial charge < -0.3 is 15.6 Å². The summed E-state index contributed by atoms with van der Waals surface area (Å²) in [6.07, 6.45) is 3.84. The van der Waals surface area contributed by atoms with Crippen molar-refractivity contribution < 1.29 is 9.32 Å². The molecular formula is C21H19ClN6O2S2. The monoisotopic (exact) mass is 486 g/mol. The van der Waals surface area contributed by atoms with Crippen LogP contribution in [0.5, 0.6) is 0 Å². The van der Waals surface area contributed by atoms with Gasteiger partial charge in [0.2, 0.25) is 11.7 Å². The summed E-state index contributed by atoms with van der Waals surface area (Å²) in [6.45, 7) is -0.0545. The van der Waals surface area contributed by atoms with Crippen LogP contribution in [0.15, 0.2) is 63.0 Å². The zero-order valence-electron chi connectivity index (χ0n) is 17.2. The van der Waals surface area contributed by atoms with E-state index in [1.807, 2.05) is 36.8 Å². The highest BCUT2D eigenvalue weighted by Crippen LogP contribution is 2.35. The number of nitrogen functional groups attached to an aromatic ring is 1. The van der Waals surface area contributed by atoms with Crippen LogP contribution in [0.3, 0.4) is 0 Å². The van der Waals surface area contributed by atoms with Crippen LogP contribution in [0.2, 0.25) is 5.02 Å². The highest BCUT2D eigenvalue weighted by atomic mass is 35.5. The Hall–Kier alpha value is -2.95. The normalized spacial score (nSPS) is 11.0. The van der Waals surface area contributed by atoms with Gasteiger partial charge in [-0.15, -0.1) is 23.5 Å². The van der Waals surface area contributed by atoms with Crippen molar-refractivity contribution in [1.82, 2.24) is 19.9 Å². The Kier molecular flexibility index (Phi) is 6.73. The molecule has 0 radical (unpaired) electrons. The fraction of sp³-hybridized carbons (Fsp3) is 0.143. The second-order valence-electron chi connectivity index (χ2n) is 6.64. The topological polar surface area (TPSA) is 112 Å². The average molecular weight is 487 g/mol. The van der Waals surface area contributed by atoms with Gasteiger partial charge >= 0.3 is 0 Å². The summed E-state index contributed by atoms with van der Waals surface area (Å²) >= 11 is 8.92. The number of nitrogens with zero attached hydrogens (tertiary/aromatic N) is 4. The van der Waals surface area contributed by atoms with E-state index in [1.165, 1.54) is 16.4 Å². The summed E-state index contributed by atoms with van der Waals surface area (Å²) in [5.41, 5.74) is 8.30. The molecule has 11 heteroatoms. The molecule has 32 heavy (non-hydrogen) atoms. The molecule has 0 aliphatic carbocycles. The SMILES string of the molecule is CSc1cccc(NC(=O)Cn2nc(SC)c(-c3nc(-c4ccc(Cl)cc4)no3)c2N)c1. The van der Waals surface area contributed by atoms with Crippen LogP contribution < -0.4 is 11.1 Å². The number of anilines is 2. The van der Waals surface area contributed by atoms with E-state index < -0.39 is 0 Å². The molecule has 0 unspecified atom stereocenters. The third-order valence-electron chi connectivity index (χ3n) is 4.54. The minimum atomic E-state index is -0.246. The minimum Gasteiger partial charge on any atom is -0.383 e. The van der Waals surface area contributed by atoms with Crippen molar-refractivity contribution >= 4 is 52.5 Å². The third-order valence-corrected chi connectivity index (χ3v) is 6.19. The number of carbonyl (C=O) groups is 1. The Labute approximate surface area is 197 Å². The van der Waals surface area contributed by atoms with Gasteiger partial charge in [0.05, 0.1) is 0 Å². The van der Waals surface area contributed by atoms with E-state index in [4.69, 9.17) is 21.9 Å². The summed E-state index contributed by atoms with van der Waals surface area (Å²) in [4.78, 5) is 18.1. The lowest BCUT2D eigenvalue weighted by molar-refractivity contribution is -0.116. The Morgan fingerprint density at radius 1 is 1.19 bits per heavy atom. The van der Waals surface area contributed by atoms with E-state index in [0.29, 0.717) is 27.1 Å². The molecule has 0 spiro atoms. The number of aromatic nitrogens is 4. The van der Waals surface area contributed by atoms with Crippen LogP contribution in [-0.4, -0.2) is 38.3 Å². The van der Waals surface area contributed by atoms with Crippen molar-refractivity contribution in [3.8, 4) is 22.8 Å². The van der Waals surface area contributed by atoms with Gasteiger partial charge in [-0.2, -0.15) is 10.1 Å². The highest BCUT2D eigenvalue weighted by molar-refractivity contribution is 7.98. The van der Waals surface area contributed by atoms with Gasteiger partial charge in [-0.05, 0) is 55.0 Å². The van der Waals surface area contributed by atoms with E-state index in [9.17, 15) is 4.79 Å². The molecule has 0 saturated carbocycles. The summed E-state index contributed by atoms with van der Waals surface area (Å²) < 4.78 is 6.89. The molecular weight excluding hydrogens is 468 g/mol. The molecule has 0 aliphatic heterocycles. The van der Waals surface area contributed by atoms with E-state index in [-0.39, 0.29) is 24.2 Å². The number of benzene rings is 2. The average Bonchev–Trinajstić information content (AvgIpc) is 3.39. The number of hydrogen-bond donors (Lipinski definition) is 2. The fourth-order valence-electron chi connectivity index (χ4n) is 3.00. The van der Waals surface area contributed by atoms with Crippen molar-refractivity contribution in [3.63, 3.8) is 0 Å². The lowest BCUT2D eigenvalue weighted by Gasteiger charge is -2.07. The number of nitrogens with two attached hydrogens (primary N) is 1. The molecule has 1 amide bonds. The smallest absolute Gasteiger partial charge is 0.264 e. The molecule has 3 N–H and O–H groups in total. The van der Waals surface area contributed by atoms with Gasteiger partial charge in [-0.1, -0.05) is 22.8 Å². The second kappa shape index (κ2) is 9.68. The maximum atomic E-state index is 12.6. The molecule has 2 aromatic heterocycles. The molecule has 0 bridgehead atoms. The number of halogens is 1. The first-order valence-electron chi connectivity index (χ1n) is 9.42. The first kappa shape index (κ1) is 22.3. The lowest BCUT2D eigenvalue weighted by Crippen LogP contribution is -2.20. The molecule has 0 fully saturated rings. The van der Waals surface area contributed by atoms with Crippen LogP contribution in [0.1, 0.15) is 0 Å². The molecule has 2 heterocycles. The molecule has 164 valence electrons. The maximum absolute atomic E-state index is 12.6. The van der Waals surface area contributed by atoms with Crippen LogP contribution >= 0.6 is 35.1 Å². The number of rotatable bonds is 7. The Morgan fingerprint density at radius 3 is 2.69 bits per heavy atom. The molecule has 8 nitrogen and oxygen atoms in total. The third kappa shape index (κ3) is 4.77. The molecule has 2 aromatic carbocycles.